The molecule has 2 aromatic carbocycles. The Morgan fingerprint density at radius 2 is 1.30 bits per heavy atom. The van der Waals surface area contributed by atoms with Crippen LogP contribution in [0.15, 0.2) is 41.8 Å². The van der Waals surface area contributed by atoms with Gasteiger partial charge in [0.1, 0.15) is 0 Å². The molecule has 0 aliphatic carbocycles. The normalized spacial score (nSPS) is 11.0. The van der Waals surface area contributed by atoms with Crippen molar-refractivity contribution < 1.29 is 4.79 Å². The average molecular weight is 377 g/mol. The van der Waals surface area contributed by atoms with Gasteiger partial charge in [0.25, 0.3) is 0 Å². The van der Waals surface area contributed by atoms with Gasteiger partial charge in [0.05, 0.1) is 0 Å². The summed E-state index contributed by atoms with van der Waals surface area (Å²) in [4.78, 5) is 13.0. The zero-order chi connectivity index (χ0) is 19.4. The molecule has 2 heteroatoms. The summed E-state index contributed by atoms with van der Waals surface area (Å²) >= 11 is 1.79. The van der Waals surface area contributed by atoms with Crippen LogP contribution in [0.4, 0.5) is 0 Å². The minimum absolute atomic E-state index is 0.880. The van der Waals surface area contributed by atoms with E-state index in [1.165, 1.54) is 32.7 Å². The molecular formula is C25H28OS. The van der Waals surface area contributed by atoms with Crippen LogP contribution >= 0.6 is 11.3 Å². The Morgan fingerprint density at radius 3 is 1.70 bits per heavy atom. The Labute approximate surface area is 167 Å². The molecule has 0 N–H and O–H groups in total. The SMILES string of the molecule is CCc1cc(-c2c(CC)cc(-c3cccs3)cc2CC)cc(CC)c1C=O. The Balaban J connectivity index is 2.26. The van der Waals surface area contributed by atoms with Crippen molar-refractivity contribution in [3.8, 4) is 21.6 Å². The predicted octanol–water partition coefficient (Wildman–Crippen LogP) is 7.14. The fraction of sp³-hybridized carbons (Fsp3) is 0.320. The molecular weight excluding hydrogens is 348 g/mol. The van der Waals surface area contributed by atoms with Crippen LogP contribution in [0.1, 0.15) is 60.3 Å². The molecule has 27 heavy (non-hydrogen) atoms. The predicted molar refractivity (Wildman–Crippen MR) is 118 cm³/mol. The number of aldehydes is 1. The number of carbonyl (C=O) groups is 1. The topological polar surface area (TPSA) is 17.1 Å². The summed E-state index contributed by atoms with van der Waals surface area (Å²) in [5.41, 5.74) is 9.93. The molecule has 1 heterocycles. The van der Waals surface area contributed by atoms with Crippen LogP contribution in [0.5, 0.6) is 0 Å². The summed E-state index contributed by atoms with van der Waals surface area (Å²) in [6.45, 7) is 8.73. The van der Waals surface area contributed by atoms with E-state index in [-0.39, 0.29) is 0 Å². The second-order valence-electron chi connectivity index (χ2n) is 6.89. The van der Waals surface area contributed by atoms with Crippen LogP contribution in [-0.2, 0) is 25.7 Å². The minimum atomic E-state index is 0.880. The van der Waals surface area contributed by atoms with Crippen LogP contribution in [0, 0.1) is 0 Å². The molecule has 1 aromatic heterocycles. The van der Waals surface area contributed by atoms with Gasteiger partial charge in [-0.25, -0.2) is 0 Å². The maximum absolute atomic E-state index is 11.6. The zero-order valence-corrected chi connectivity index (χ0v) is 17.6. The average Bonchev–Trinajstić information content (AvgIpc) is 3.26. The maximum atomic E-state index is 11.6. The van der Waals surface area contributed by atoms with Gasteiger partial charge in [0.2, 0.25) is 0 Å². The van der Waals surface area contributed by atoms with Gasteiger partial charge in [-0.1, -0.05) is 45.9 Å². The smallest absolute Gasteiger partial charge is 0.150 e. The maximum Gasteiger partial charge on any atom is 0.150 e. The lowest BCUT2D eigenvalue weighted by atomic mass is 9.86. The molecule has 0 aliphatic rings. The van der Waals surface area contributed by atoms with Gasteiger partial charge in [-0.3, -0.25) is 4.79 Å². The second-order valence-corrected chi connectivity index (χ2v) is 7.83. The third kappa shape index (κ3) is 3.77. The first-order valence-electron chi connectivity index (χ1n) is 9.97. The molecule has 140 valence electrons. The van der Waals surface area contributed by atoms with Gasteiger partial charge < -0.3 is 0 Å². The fourth-order valence-corrected chi connectivity index (χ4v) is 4.66. The minimum Gasteiger partial charge on any atom is -0.298 e. The van der Waals surface area contributed by atoms with E-state index < -0.39 is 0 Å². The van der Waals surface area contributed by atoms with Crippen LogP contribution in [0.25, 0.3) is 21.6 Å². The molecule has 0 bridgehead atoms. The highest BCUT2D eigenvalue weighted by Crippen LogP contribution is 2.36. The van der Waals surface area contributed by atoms with Crippen molar-refractivity contribution in [2.75, 3.05) is 0 Å². The second kappa shape index (κ2) is 8.67. The molecule has 0 fully saturated rings. The van der Waals surface area contributed by atoms with Crippen LogP contribution < -0.4 is 0 Å². The van der Waals surface area contributed by atoms with E-state index in [4.69, 9.17) is 0 Å². The summed E-state index contributed by atoms with van der Waals surface area (Å²) in [5, 5.41) is 2.14. The summed E-state index contributed by atoms with van der Waals surface area (Å²) in [6, 6.07) is 13.5. The number of thiophene rings is 1. The van der Waals surface area contributed by atoms with Crippen molar-refractivity contribution in [3.63, 3.8) is 0 Å². The van der Waals surface area contributed by atoms with Crippen LogP contribution in [-0.4, -0.2) is 6.29 Å². The van der Waals surface area contributed by atoms with E-state index in [1.807, 2.05) is 0 Å². The quantitative estimate of drug-likeness (QED) is 0.400. The van der Waals surface area contributed by atoms with E-state index in [0.717, 1.165) is 48.7 Å². The Morgan fingerprint density at radius 1 is 0.778 bits per heavy atom. The van der Waals surface area contributed by atoms with Gasteiger partial charge in [-0.15, -0.1) is 11.3 Å². The first kappa shape index (κ1) is 19.6. The number of hydrogen-bond acceptors (Lipinski definition) is 2. The molecule has 3 aromatic rings. The highest BCUT2D eigenvalue weighted by molar-refractivity contribution is 7.13. The lowest BCUT2D eigenvalue weighted by molar-refractivity contribution is 0.112. The first-order valence-corrected chi connectivity index (χ1v) is 10.9. The molecule has 0 atom stereocenters. The van der Waals surface area contributed by atoms with Gasteiger partial charge in [-0.2, -0.15) is 0 Å². The van der Waals surface area contributed by atoms with Gasteiger partial charge in [0.15, 0.2) is 6.29 Å². The summed E-state index contributed by atoms with van der Waals surface area (Å²) in [7, 11) is 0. The van der Waals surface area contributed by atoms with E-state index in [1.54, 1.807) is 11.3 Å². The Bertz CT molecular complexity index is 885. The summed E-state index contributed by atoms with van der Waals surface area (Å²) in [6.07, 6.45) is 4.79. The van der Waals surface area contributed by atoms with Crippen molar-refractivity contribution in [3.05, 3.63) is 69.6 Å². The van der Waals surface area contributed by atoms with Crippen LogP contribution in [0.3, 0.4) is 0 Å². The van der Waals surface area contributed by atoms with Crippen molar-refractivity contribution in [1.29, 1.82) is 0 Å². The van der Waals surface area contributed by atoms with E-state index in [0.29, 0.717) is 0 Å². The van der Waals surface area contributed by atoms with Crippen molar-refractivity contribution >= 4 is 17.6 Å². The van der Waals surface area contributed by atoms with E-state index >= 15 is 0 Å². The standard InChI is InChI=1S/C25H28OS/c1-5-17-12-22(13-18(6-2)23(17)16-26)25-19(7-3)14-21(15-20(25)8-4)24-10-9-11-27-24/h9-16H,5-8H2,1-4H3. The molecule has 0 amide bonds. The molecule has 3 rings (SSSR count). The van der Waals surface area contributed by atoms with Crippen molar-refractivity contribution in [1.82, 2.24) is 0 Å². The Hall–Kier alpha value is -2.19. The third-order valence-electron chi connectivity index (χ3n) is 5.39. The third-order valence-corrected chi connectivity index (χ3v) is 6.31. The van der Waals surface area contributed by atoms with Gasteiger partial charge in [0, 0.05) is 10.4 Å². The number of carbonyl (C=O) groups excluding carboxylic acids is 1. The van der Waals surface area contributed by atoms with E-state index in [2.05, 4.69) is 69.5 Å². The zero-order valence-electron chi connectivity index (χ0n) is 16.8. The number of rotatable bonds is 7. The van der Waals surface area contributed by atoms with Crippen molar-refractivity contribution in [2.24, 2.45) is 0 Å². The molecule has 1 nitrogen and oxygen atoms in total. The Kier molecular flexibility index (Phi) is 6.28. The largest absolute Gasteiger partial charge is 0.298 e. The van der Waals surface area contributed by atoms with Gasteiger partial charge in [-0.05, 0) is 88.2 Å². The highest BCUT2D eigenvalue weighted by Gasteiger charge is 2.16. The molecule has 0 saturated carbocycles. The summed E-state index contributed by atoms with van der Waals surface area (Å²) in [5.74, 6) is 0. The monoisotopic (exact) mass is 376 g/mol. The lowest BCUT2D eigenvalue weighted by Gasteiger charge is -2.19. The first-order chi connectivity index (χ1) is 13.2. The molecule has 0 radical (unpaired) electrons. The van der Waals surface area contributed by atoms with Crippen LogP contribution in [0.2, 0.25) is 0 Å². The van der Waals surface area contributed by atoms with Gasteiger partial charge >= 0.3 is 0 Å². The summed E-state index contributed by atoms with van der Waals surface area (Å²) < 4.78 is 0. The van der Waals surface area contributed by atoms with E-state index in [9.17, 15) is 4.79 Å². The highest BCUT2D eigenvalue weighted by atomic mass is 32.1. The number of hydrogen-bond donors (Lipinski definition) is 0. The van der Waals surface area contributed by atoms with Crippen molar-refractivity contribution in [2.45, 2.75) is 53.4 Å². The molecule has 0 saturated heterocycles. The number of aryl methyl sites for hydroxylation is 4. The fourth-order valence-electron chi connectivity index (χ4n) is 3.94. The molecule has 0 aliphatic heterocycles. The molecule has 0 spiro atoms. The lowest BCUT2D eigenvalue weighted by Crippen LogP contribution is -2.02. The number of benzene rings is 2. The molecule has 0 unspecified atom stereocenters.